The number of rotatable bonds is 3. The van der Waals surface area contributed by atoms with Gasteiger partial charge in [0.1, 0.15) is 0 Å². The van der Waals surface area contributed by atoms with Crippen molar-refractivity contribution in [2.24, 2.45) is 0 Å². The lowest BCUT2D eigenvalue weighted by molar-refractivity contribution is 0.103. The van der Waals surface area contributed by atoms with Crippen molar-refractivity contribution in [3.8, 4) is 11.3 Å². The van der Waals surface area contributed by atoms with E-state index in [1.165, 1.54) is 11.3 Å². The number of aryl methyl sites for hydroxylation is 1. The first kappa shape index (κ1) is 16.7. The Hall–Kier alpha value is -2.76. The van der Waals surface area contributed by atoms with Gasteiger partial charge in [0.25, 0.3) is 5.91 Å². The fourth-order valence-corrected chi connectivity index (χ4v) is 3.71. The molecule has 128 valence electrons. The van der Waals surface area contributed by atoms with E-state index in [4.69, 9.17) is 11.6 Å². The number of hydrogen-bond acceptors (Lipinski definition) is 4. The number of carbonyl (C=O) groups is 1. The number of para-hydroxylation sites is 2. The van der Waals surface area contributed by atoms with Crippen LogP contribution >= 0.6 is 22.9 Å². The molecule has 0 aliphatic rings. The van der Waals surface area contributed by atoms with Crippen LogP contribution in [0.1, 0.15) is 15.2 Å². The maximum absolute atomic E-state index is 12.4. The van der Waals surface area contributed by atoms with Crippen molar-refractivity contribution in [3.05, 3.63) is 75.6 Å². The number of benzene rings is 2. The Morgan fingerprint density at radius 3 is 2.69 bits per heavy atom. The van der Waals surface area contributed by atoms with Crippen LogP contribution in [-0.2, 0) is 0 Å². The van der Waals surface area contributed by atoms with Crippen LogP contribution in [0.15, 0.2) is 60.1 Å². The highest BCUT2D eigenvalue weighted by Crippen LogP contribution is 2.30. The van der Waals surface area contributed by atoms with Gasteiger partial charge in [0.15, 0.2) is 0 Å². The van der Waals surface area contributed by atoms with E-state index in [1.54, 1.807) is 18.3 Å². The smallest absolute Gasteiger partial charge is 0.265 e. The number of carbonyl (C=O) groups excluding carboxylic acids is 1. The summed E-state index contributed by atoms with van der Waals surface area (Å²) in [6.45, 7) is 1.92. The SMILES string of the molecule is Cc1ccsc1C(=O)Nc1ccc(Cl)c(-c2cnc3ccccc3n2)c1. The third-order valence-corrected chi connectivity index (χ3v) is 5.36. The Labute approximate surface area is 159 Å². The van der Waals surface area contributed by atoms with E-state index in [1.807, 2.05) is 48.7 Å². The molecule has 6 heteroatoms. The largest absolute Gasteiger partial charge is 0.321 e. The molecule has 2 heterocycles. The normalized spacial score (nSPS) is 10.8. The molecule has 0 radical (unpaired) electrons. The molecule has 2 aromatic carbocycles. The Morgan fingerprint density at radius 1 is 1.12 bits per heavy atom. The zero-order valence-electron chi connectivity index (χ0n) is 13.9. The molecule has 0 aliphatic heterocycles. The molecule has 0 saturated heterocycles. The second kappa shape index (κ2) is 6.86. The fraction of sp³-hybridized carbons (Fsp3) is 0.0500. The van der Waals surface area contributed by atoms with Crippen LogP contribution in [0.2, 0.25) is 5.02 Å². The van der Waals surface area contributed by atoms with Gasteiger partial charge in [0.05, 0.1) is 32.8 Å². The average molecular weight is 380 g/mol. The summed E-state index contributed by atoms with van der Waals surface area (Å²) in [4.78, 5) is 22.2. The van der Waals surface area contributed by atoms with Crippen molar-refractivity contribution in [2.45, 2.75) is 6.92 Å². The molecule has 4 rings (SSSR count). The molecule has 0 bridgehead atoms. The molecule has 0 saturated carbocycles. The molecule has 0 aliphatic carbocycles. The monoisotopic (exact) mass is 379 g/mol. The highest BCUT2D eigenvalue weighted by Gasteiger charge is 2.13. The second-order valence-corrected chi connectivity index (χ2v) is 7.15. The average Bonchev–Trinajstić information content (AvgIpc) is 3.09. The van der Waals surface area contributed by atoms with Gasteiger partial charge in [-0.3, -0.25) is 9.78 Å². The molecule has 0 atom stereocenters. The summed E-state index contributed by atoms with van der Waals surface area (Å²) >= 11 is 7.79. The summed E-state index contributed by atoms with van der Waals surface area (Å²) in [5.74, 6) is -0.129. The van der Waals surface area contributed by atoms with Crippen LogP contribution < -0.4 is 5.32 Å². The summed E-state index contributed by atoms with van der Waals surface area (Å²) in [6, 6.07) is 14.9. The van der Waals surface area contributed by atoms with E-state index in [2.05, 4.69) is 15.3 Å². The molecule has 1 amide bonds. The van der Waals surface area contributed by atoms with Gasteiger partial charge in [0.2, 0.25) is 0 Å². The lowest BCUT2D eigenvalue weighted by Crippen LogP contribution is -2.11. The van der Waals surface area contributed by atoms with E-state index in [0.717, 1.165) is 22.2 Å². The van der Waals surface area contributed by atoms with E-state index in [-0.39, 0.29) is 5.91 Å². The number of hydrogen-bond donors (Lipinski definition) is 1. The first-order valence-electron chi connectivity index (χ1n) is 7.99. The van der Waals surface area contributed by atoms with E-state index < -0.39 is 0 Å². The van der Waals surface area contributed by atoms with Crippen molar-refractivity contribution in [2.75, 3.05) is 5.32 Å². The first-order chi connectivity index (χ1) is 12.6. The van der Waals surface area contributed by atoms with Gasteiger partial charge in [-0.1, -0.05) is 23.7 Å². The van der Waals surface area contributed by atoms with E-state index in [9.17, 15) is 4.79 Å². The van der Waals surface area contributed by atoms with Crippen LogP contribution in [0.5, 0.6) is 0 Å². The zero-order valence-corrected chi connectivity index (χ0v) is 15.4. The molecule has 0 unspecified atom stereocenters. The minimum atomic E-state index is -0.129. The molecule has 2 aromatic heterocycles. The van der Waals surface area contributed by atoms with Crippen molar-refractivity contribution in [1.29, 1.82) is 0 Å². The van der Waals surface area contributed by atoms with Crippen molar-refractivity contribution in [1.82, 2.24) is 9.97 Å². The number of aromatic nitrogens is 2. The topological polar surface area (TPSA) is 54.9 Å². The third kappa shape index (κ3) is 3.19. The quantitative estimate of drug-likeness (QED) is 0.506. The number of nitrogens with one attached hydrogen (secondary N) is 1. The standard InChI is InChI=1S/C20H14ClN3OS/c1-12-8-9-26-19(12)20(25)23-13-6-7-15(21)14(10-13)18-11-22-16-4-2-3-5-17(16)24-18/h2-11H,1H3,(H,23,25). The lowest BCUT2D eigenvalue weighted by Gasteiger charge is -2.09. The van der Waals surface area contributed by atoms with E-state index >= 15 is 0 Å². The predicted octanol–water partition coefficient (Wildman–Crippen LogP) is 5.57. The lowest BCUT2D eigenvalue weighted by atomic mass is 10.1. The maximum atomic E-state index is 12.4. The van der Waals surface area contributed by atoms with Gasteiger partial charge in [-0.05, 0) is 54.3 Å². The Kier molecular flexibility index (Phi) is 4.41. The highest BCUT2D eigenvalue weighted by molar-refractivity contribution is 7.12. The highest BCUT2D eigenvalue weighted by atomic mass is 35.5. The predicted molar refractivity (Wildman–Crippen MR) is 107 cm³/mol. The molecule has 0 spiro atoms. The van der Waals surface area contributed by atoms with Gasteiger partial charge >= 0.3 is 0 Å². The molecule has 0 fully saturated rings. The van der Waals surface area contributed by atoms with Gasteiger partial charge in [0, 0.05) is 11.3 Å². The Morgan fingerprint density at radius 2 is 1.92 bits per heavy atom. The summed E-state index contributed by atoms with van der Waals surface area (Å²) in [6.07, 6.45) is 1.69. The first-order valence-corrected chi connectivity index (χ1v) is 9.25. The summed E-state index contributed by atoms with van der Waals surface area (Å²) in [5, 5.41) is 5.38. The fourth-order valence-electron chi connectivity index (χ4n) is 2.68. The molecular weight excluding hydrogens is 366 g/mol. The summed E-state index contributed by atoms with van der Waals surface area (Å²) < 4.78 is 0. The molecule has 26 heavy (non-hydrogen) atoms. The van der Waals surface area contributed by atoms with Crippen LogP contribution in [-0.4, -0.2) is 15.9 Å². The van der Waals surface area contributed by atoms with Gasteiger partial charge in [-0.2, -0.15) is 0 Å². The van der Waals surface area contributed by atoms with Gasteiger partial charge in [-0.15, -0.1) is 11.3 Å². The molecule has 4 aromatic rings. The van der Waals surface area contributed by atoms with Crippen LogP contribution in [0, 0.1) is 6.92 Å². The molecule has 1 N–H and O–H groups in total. The van der Waals surface area contributed by atoms with Gasteiger partial charge in [-0.25, -0.2) is 4.98 Å². The minimum Gasteiger partial charge on any atom is -0.321 e. The van der Waals surface area contributed by atoms with E-state index in [0.29, 0.717) is 21.3 Å². The second-order valence-electron chi connectivity index (χ2n) is 5.83. The Balaban J connectivity index is 1.69. The Bertz CT molecular complexity index is 1120. The van der Waals surface area contributed by atoms with Crippen molar-refractivity contribution in [3.63, 3.8) is 0 Å². The van der Waals surface area contributed by atoms with Crippen LogP contribution in [0.4, 0.5) is 5.69 Å². The number of amides is 1. The number of anilines is 1. The number of fused-ring (bicyclic) bond motifs is 1. The van der Waals surface area contributed by atoms with Crippen LogP contribution in [0.25, 0.3) is 22.3 Å². The number of nitrogens with zero attached hydrogens (tertiary/aromatic N) is 2. The zero-order chi connectivity index (χ0) is 18.1. The van der Waals surface area contributed by atoms with Crippen LogP contribution in [0.3, 0.4) is 0 Å². The molecule has 4 nitrogen and oxygen atoms in total. The van der Waals surface area contributed by atoms with Gasteiger partial charge < -0.3 is 5.32 Å². The van der Waals surface area contributed by atoms with Crippen molar-refractivity contribution >= 4 is 45.6 Å². The number of halogens is 1. The minimum absolute atomic E-state index is 0.129. The van der Waals surface area contributed by atoms with Crippen molar-refractivity contribution < 1.29 is 4.79 Å². The maximum Gasteiger partial charge on any atom is 0.265 e. The summed E-state index contributed by atoms with van der Waals surface area (Å²) in [7, 11) is 0. The molecular formula is C20H14ClN3OS. The third-order valence-electron chi connectivity index (χ3n) is 4.02. The number of thiophene rings is 1. The summed E-state index contributed by atoms with van der Waals surface area (Å²) in [5.41, 5.74) is 4.64.